The highest BCUT2D eigenvalue weighted by molar-refractivity contribution is 6.16. The van der Waals surface area contributed by atoms with Crippen LogP contribution in [0.5, 0.6) is 0 Å². The molecule has 2 atom stereocenters. The molecule has 6 aromatic rings. The number of hydrogen-bond acceptors (Lipinski definition) is 3. The van der Waals surface area contributed by atoms with E-state index in [1.165, 1.54) is 16.7 Å². The Kier molecular flexibility index (Phi) is 8.52. The van der Waals surface area contributed by atoms with Crippen molar-refractivity contribution in [3.8, 4) is 33.4 Å². The van der Waals surface area contributed by atoms with Crippen LogP contribution in [0.4, 0.5) is 5.69 Å². The van der Waals surface area contributed by atoms with E-state index < -0.39 is 0 Å². The van der Waals surface area contributed by atoms with Crippen LogP contribution >= 0.6 is 0 Å². The fourth-order valence-corrected chi connectivity index (χ4v) is 7.28. The van der Waals surface area contributed by atoms with Crippen LogP contribution in [-0.2, 0) is 4.79 Å². The van der Waals surface area contributed by atoms with Gasteiger partial charge in [0.05, 0.1) is 11.8 Å². The second-order valence-electron chi connectivity index (χ2n) is 13.4. The number of amidine groups is 1. The van der Waals surface area contributed by atoms with Gasteiger partial charge < -0.3 is 4.90 Å². The largest absolute Gasteiger partial charge is 0.315 e. The van der Waals surface area contributed by atoms with Gasteiger partial charge in [0.25, 0.3) is 0 Å². The fraction of sp³-hybridized carbons (Fsp3) is 0.152. The third kappa shape index (κ3) is 6.21. The predicted octanol–water partition coefficient (Wildman–Crippen LogP) is 10.9. The Morgan fingerprint density at radius 2 is 1.20 bits per heavy atom. The van der Waals surface area contributed by atoms with Gasteiger partial charge in [-0.05, 0) is 69.0 Å². The summed E-state index contributed by atoms with van der Waals surface area (Å²) < 4.78 is 0. The maximum Gasteiger partial charge on any atom is 0.226 e. The summed E-state index contributed by atoms with van der Waals surface area (Å²) in [6, 6.07) is 53.3. The summed E-state index contributed by atoms with van der Waals surface area (Å²) in [7, 11) is 1.90. The molecule has 4 nitrogen and oxygen atoms in total. The van der Waals surface area contributed by atoms with E-state index in [0.717, 1.165) is 62.6 Å². The molecule has 0 N–H and O–H groups in total. The van der Waals surface area contributed by atoms with E-state index in [2.05, 4.69) is 153 Å². The zero-order valence-electron chi connectivity index (χ0n) is 28.5. The second-order valence-corrected chi connectivity index (χ2v) is 13.4. The second kappa shape index (κ2) is 13.6. The zero-order chi connectivity index (χ0) is 34.0. The van der Waals surface area contributed by atoms with Crippen molar-refractivity contribution in [2.75, 3.05) is 11.9 Å². The molecule has 0 bridgehead atoms. The number of carbonyl (C=O) groups excluding carboxylic acids is 1. The first-order chi connectivity index (χ1) is 24.5. The first-order valence-corrected chi connectivity index (χ1v) is 17.5. The topological polar surface area (TPSA) is 45.0 Å². The lowest BCUT2D eigenvalue weighted by Gasteiger charge is -2.23. The van der Waals surface area contributed by atoms with Crippen LogP contribution in [0.2, 0.25) is 0 Å². The van der Waals surface area contributed by atoms with Crippen molar-refractivity contribution >= 4 is 23.1 Å². The summed E-state index contributed by atoms with van der Waals surface area (Å²) in [6.07, 6.45) is 2.13. The van der Waals surface area contributed by atoms with Crippen LogP contribution in [0.25, 0.3) is 33.4 Å². The first kappa shape index (κ1) is 31.4. The average molecular weight is 650 g/mol. The first-order valence-electron chi connectivity index (χ1n) is 17.5. The molecule has 4 heteroatoms. The smallest absolute Gasteiger partial charge is 0.226 e. The SMILES string of the molecule is CC1CCC(=O)N(C)c2cc(-c3cccc(C4CC(c5ccccc5-c5ccccc5)=NC(c5ccc(-c6ccccc6)cc5)=N4)c3)ccc21. The molecule has 1 amide bonds. The number of carbonyl (C=O) groups is 1. The molecule has 50 heavy (non-hydrogen) atoms. The number of fused-ring (bicyclic) bond motifs is 1. The van der Waals surface area contributed by atoms with Crippen molar-refractivity contribution < 1.29 is 4.79 Å². The molecule has 8 rings (SSSR count). The van der Waals surface area contributed by atoms with Crippen LogP contribution in [0, 0.1) is 0 Å². The van der Waals surface area contributed by atoms with Gasteiger partial charge in [-0.25, -0.2) is 4.99 Å². The Bertz CT molecular complexity index is 2240. The summed E-state index contributed by atoms with van der Waals surface area (Å²) in [4.78, 5) is 25.3. The highest BCUT2D eigenvalue weighted by Crippen LogP contribution is 2.39. The maximum atomic E-state index is 12.8. The quantitative estimate of drug-likeness (QED) is 0.177. The van der Waals surface area contributed by atoms with Gasteiger partial charge in [-0.2, -0.15) is 0 Å². The number of benzene rings is 6. The minimum Gasteiger partial charge on any atom is -0.315 e. The summed E-state index contributed by atoms with van der Waals surface area (Å²) in [5.74, 6) is 1.25. The molecule has 0 aromatic heterocycles. The molecule has 2 aliphatic rings. The molecule has 6 aromatic carbocycles. The van der Waals surface area contributed by atoms with Gasteiger partial charge in [0.2, 0.25) is 5.91 Å². The number of aliphatic imine (C=N–C) groups is 2. The zero-order valence-corrected chi connectivity index (χ0v) is 28.5. The van der Waals surface area contributed by atoms with Crippen molar-refractivity contribution in [3.05, 3.63) is 174 Å². The molecule has 0 saturated carbocycles. The molecular formula is C46H39N3O. The Morgan fingerprint density at radius 1 is 0.600 bits per heavy atom. The highest BCUT2D eigenvalue weighted by Gasteiger charge is 2.26. The van der Waals surface area contributed by atoms with Gasteiger partial charge in [-0.15, -0.1) is 0 Å². The van der Waals surface area contributed by atoms with E-state index >= 15 is 0 Å². The lowest BCUT2D eigenvalue weighted by atomic mass is 9.89. The Labute approximate surface area is 294 Å². The van der Waals surface area contributed by atoms with Gasteiger partial charge in [0, 0.05) is 36.7 Å². The molecule has 2 unspecified atom stereocenters. The van der Waals surface area contributed by atoms with Gasteiger partial charge in [-0.3, -0.25) is 9.79 Å². The van der Waals surface area contributed by atoms with Crippen LogP contribution < -0.4 is 4.90 Å². The van der Waals surface area contributed by atoms with Crippen molar-refractivity contribution in [2.24, 2.45) is 9.98 Å². The summed E-state index contributed by atoms with van der Waals surface area (Å²) >= 11 is 0. The summed E-state index contributed by atoms with van der Waals surface area (Å²) in [6.45, 7) is 2.22. The van der Waals surface area contributed by atoms with E-state index in [1.807, 2.05) is 18.0 Å². The van der Waals surface area contributed by atoms with Crippen LogP contribution in [0.15, 0.2) is 162 Å². The normalized spacial score (nSPS) is 17.4. The van der Waals surface area contributed by atoms with E-state index in [9.17, 15) is 4.79 Å². The molecule has 2 aliphatic heterocycles. The molecular weight excluding hydrogens is 611 g/mol. The van der Waals surface area contributed by atoms with Crippen molar-refractivity contribution in [3.63, 3.8) is 0 Å². The molecule has 0 spiro atoms. The van der Waals surface area contributed by atoms with E-state index in [1.54, 1.807) is 0 Å². The minimum atomic E-state index is -0.125. The van der Waals surface area contributed by atoms with Gasteiger partial charge in [0.1, 0.15) is 0 Å². The van der Waals surface area contributed by atoms with Gasteiger partial charge in [-0.1, -0.05) is 146 Å². The van der Waals surface area contributed by atoms with E-state index in [-0.39, 0.29) is 11.9 Å². The lowest BCUT2D eigenvalue weighted by molar-refractivity contribution is -0.118. The van der Waals surface area contributed by atoms with Crippen LogP contribution in [-0.4, -0.2) is 24.5 Å². The Hall–Kier alpha value is -5.87. The number of amides is 1. The number of hydrogen-bond donors (Lipinski definition) is 0. The molecule has 0 aliphatic carbocycles. The number of nitrogens with zero attached hydrogens (tertiary/aromatic N) is 3. The monoisotopic (exact) mass is 649 g/mol. The minimum absolute atomic E-state index is 0.125. The summed E-state index contributed by atoms with van der Waals surface area (Å²) in [5.41, 5.74) is 13.4. The van der Waals surface area contributed by atoms with E-state index in [4.69, 9.17) is 9.98 Å². The number of anilines is 1. The third-order valence-electron chi connectivity index (χ3n) is 10.2. The molecule has 244 valence electrons. The standard InChI is InChI=1S/C46H39N3O/c1-31-20-27-45(50)49(2)44-29-37(25-26-39(31)44)36-16-11-17-38(28-36)42-30-43(41-19-10-9-18-40(41)34-14-7-4-8-15-34)48-46(47-42)35-23-21-33(22-24-35)32-12-5-3-6-13-32/h3-19,21-26,28-29,31,42H,20,27,30H2,1-2H3. The van der Waals surface area contributed by atoms with Gasteiger partial charge >= 0.3 is 0 Å². The van der Waals surface area contributed by atoms with Crippen LogP contribution in [0.1, 0.15) is 60.4 Å². The van der Waals surface area contributed by atoms with Crippen LogP contribution in [0.3, 0.4) is 0 Å². The summed E-state index contributed by atoms with van der Waals surface area (Å²) in [5, 5.41) is 0. The van der Waals surface area contributed by atoms with E-state index in [0.29, 0.717) is 18.8 Å². The maximum absolute atomic E-state index is 12.8. The van der Waals surface area contributed by atoms with Crippen molar-refractivity contribution in [1.29, 1.82) is 0 Å². The van der Waals surface area contributed by atoms with Crippen molar-refractivity contribution in [2.45, 2.75) is 38.1 Å². The highest BCUT2D eigenvalue weighted by atomic mass is 16.2. The predicted molar refractivity (Wildman–Crippen MR) is 207 cm³/mol. The number of rotatable bonds is 6. The fourth-order valence-electron chi connectivity index (χ4n) is 7.28. The third-order valence-corrected chi connectivity index (χ3v) is 10.2. The Balaban J connectivity index is 1.20. The Morgan fingerprint density at radius 3 is 1.96 bits per heavy atom. The lowest BCUT2D eigenvalue weighted by Crippen LogP contribution is -2.25. The molecule has 0 fully saturated rings. The molecule has 0 saturated heterocycles. The molecule has 0 radical (unpaired) electrons. The average Bonchev–Trinajstić information content (AvgIpc) is 3.30. The molecule has 2 heterocycles. The van der Waals surface area contributed by atoms with Gasteiger partial charge in [0.15, 0.2) is 5.84 Å². The van der Waals surface area contributed by atoms with Crippen molar-refractivity contribution in [1.82, 2.24) is 0 Å².